The molecule has 0 aromatic carbocycles. The van der Waals surface area contributed by atoms with Gasteiger partial charge in [-0.05, 0) is 6.42 Å². The molecule has 18 heavy (non-hydrogen) atoms. The van der Waals surface area contributed by atoms with Crippen LogP contribution in [0, 0.1) is 11.3 Å². The molecular formula is C7H19NNaO7PS. The van der Waals surface area contributed by atoms with Gasteiger partial charge in [0.1, 0.15) is 0 Å². The zero-order chi connectivity index (χ0) is 14.5. The first-order chi connectivity index (χ1) is 7.47. The van der Waals surface area contributed by atoms with Crippen LogP contribution in [-0.2, 0) is 14.7 Å². The number of unbranched alkanes of at least 4 members (excludes halogenated alkanes) is 2. The van der Waals surface area contributed by atoms with Crippen LogP contribution in [0.4, 0.5) is 0 Å². The number of rotatable bonds is 4. The van der Waals surface area contributed by atoms with E-state index in [-0.39, 0.29) is 35.3 Å². The molecule has 106 valence electrons. The molecule has 0 saturated carbocycles. The molecule has 0 amide bonds. The topological polar surface area (TPSA) is 156 Å². The normalized spacial score (nSPS) is 9.61. The standard InChI is InChI=1S/C5H12O3S.C2H3N.Na.H3O4P.H/c1-2-3-4-5-9(6,7)8;1-2-3;;1-5(2,3)4;/h2-5H2,1H3,(H,6,7,8);1H3;;(H3,1,2,3,4);. The first-order valence-corrected chi connectivity index (χ1v) is 7.69. The predicted octanol–water partition coefficient (Wildman–Crippen LogP) is 0.0172. The summed E-state index contributed by atoms with van der Waals surface area (Å²) in [5.41, 5.74) is 0. The third-order valence-corrected chi connectivity index (χ3v) is 1.81. The molecule has 0 aromatic rings. The van der Waals surface area contributed by atoms with Gasteiger partial charge in [-0.15, -0.1) is 0 Å². The third kappa shape index (κ3) is 93.7. The molecule has 8 nitrogen and oxygen atoms in total. The molecule has 0 aliphatic heterocycles. The van der Waals surface area contributed by atoms with E-state index < -0.39 is 17.9 Å². The van der Waals surface area contributed by atoms with Crippen molar-refractivity contribution in [2.45, 2.75) is 33.1 Å². The molecular weight excluding hydrogens is 296 g/mol. The van der Waals surface area contributed by atoms with E-state index in [1.807, 2.05) is 6.92 Å². The average molecular weight is 315 g/mol. The van der Waals surface area contributed by atoms with Crippen LogP contribution < -0.4 is 0 Å². The Kier molecular flexibility index (Phi) is 23.3. The molecule has 0 bridgehead atoms. The van der Waals surface area contributed by atoms with Gasteiger partial charge in [0.2, 0.25) is 0 Å². The van der Waals surface area contributed by atoms with E-state index in [0.717, 1.165) is 12.8 Å². The van der Waals surface area contributed by atoms with E-state index in [9.17, 15) is 8.42 Å². The summed E-state index contributed by atoms with van der Waals surface area (Å²) in [4.78, 5) is 21.6. The zero-order valence-corrected chi connectivity index (χ0v) is 11.4. The Morgan fingerprint density at radius 1 is 1.22 bits per heavy atom. The Bertz CT molecular complexity index is 339. The molecule has 4 N–H and O–H groups in total. The summed E-state index contributed by atoms with van der Waals surface area (Å²) >= 11 is 0. The van der Waals surface area contributed by atoms with E-state index in [4.69, 9.17) is 29.1 Å². The molecule has 0 rings (SSSR count). The first-order valence-electron chi connectivity index (χ1n) is 4.52. The van der Waals surface area contributed by atoms with Crippen LogP contribution in [0.3, 0.4) is 0 Å². The van der Waals surface area contributed by atoms with E-state index in [1.54, 1.807) is 6.07 Å². The fraction of sp³-hybridized carbons (Fsp3) is 0.857. The Hall–Kier alpha value is 0.510. The van der Waals surface area contributed by atoms with Crippen LogP contribution >= 0.6 is 7.82 Å². The summed E-state index contributed by atoms with van der Waals surface area (Å²) in [6.07, 6.45) is 2.39. The molecule has 0 aliphatic carbocycles. The number of nitrogens with zero attached hydrogens (tertiary/aromatic N) is 1. The van der Waals surface area contributed by atoms with Crippen molar-refractivity contribution in [2.24, 2.45) is 0 Å². The first kappa shape index (κ1) is 27.0. The van der Waals surface area contributed by atoms with Crippen LogP contribution in [0.5, 0.6) is 0 Å². The minimum absolute atomic E-state index is 0. The summed E-state index contributed by atoms with van der Waals surface area (Å²) in [5, 5.41) is 7.32. The van der Waals surface area contributed by atoms with Crippen molar-refractivity contribution in [3.8, 4) is 6.07 Å². The minimum atomic E-state index is -4.64. The second kappa shape index (κ2) is 15.6. The molecule has 0 radical (unpaired) electrons. The Morgan fingerprint density at radius 2 is 1.50 bits per heavy atom. The summed E-state index contributed by atoms with van der Waals surface area (Å²) < 4.78 is 37.2. The van der Waals surface area contributed by atoms with E-state index in [2.05, 4.69) is 0 Å². The van der Waals surface area contributed by atoms with Crippen molar-refractivity contribution in [3.63, 3.8) is 0 Å². The molecule has 0 saturated heterocycles. The zero-order valence-electron chi connectivity index (χ0n) is 9.64. The van der Waals surface area contributed by atoms with Crippen LogP contribution in [-0.4, -0.2) is 63.0 Å². The van der Waals surface area contributed by atoms with Gasteiger partial charge in [0, 0.05) is 6.92 Å². The van der Waals surface area contributed by atoms with Gasteiger partial charge in [0.05, 0.1) is 11.8 Å². The van der Waals surface area contributed by atoms with E-state index in [1.165, 1.54) is 6.92 Å². The van der Waals surface area contributed by atoms with Crippen molar-refractivity contribution in [1.82, 2.24) is 0 Å². The Labute approximate surface area is 129 Å². The van der Waals surface area contributed by atoms with Crippen molar-refractivity contribution in [3.05, 3.63) is 0 Å². The van der Waals surface area contributed by atoms with Gasteiger partial charge in [-0.1, -0.05) is 19.8 Å². The van der Waals surface area contributed by atoms with Gasteiger partial charge in [-0.25, -0.2) is 4.57 Å². The fourth-order valence-corrected chi connectivity index (χ4v) is 1.10. The van der Waals surface area contributed by atoms with Crippen molar-refractivity contribution >= 4 is 47.5 Å². The van der Waals surface area contributed by atoms with Gasteiger partial charge < -0.3 is 14.7 Å². The Balaban J connectivity index is -0.0000000931. The van der Waals surface area contributed by atoms with Gasteiger partial charge in [-0.2, -0.15) is 13.7 Å². The van der Waals surface area contributed by atoms with Crippen LogP contribution in [0.2, 0.25) is 0 Å². The molecule has 0 aromatic heterocycles. The van der Waals surface area contributed by atoms with Crippen molar-refractivity contribution in [1.29, 1.82) is 5.26 Å². The SMILES string of the molecule is CC#N.CCCCCS(=O)(=O)O.O=P(O)(O)O.[NaH]. The molecule has 0 atom stereocenters. The number of hydrogen-bond donors (Lipinski definition) is 4. The molecule has 0 heterocycles. The third-order valence-electron chi connectivity index (χ3n) is 1.01. The summed E-state index contributed by atoms with van der Waals surface area (Å²) in [7, 11) is -8.34. The number of hydrogen-bond acceptors (Lipinski definition) is 4. The van der Waals surface area contributed by atoms with Crippen molar-refractivity contribution in [2.75, 3.05) is 5.75 Å². The molecule has 0 spiro atoms. The van der Waals surface area contributed by atoms with Crippen molar-refractivity contribution < 1.29 is 32.2 Å². The van der Waals surface area contributed by atoms with Gasteiger partial charge >= 0.3 is 37.4 Å². The van der Waals surface area contributed by atoms with Crippen LogP contribution in [0.1, 0.15) is 33.1 Å². The number of phosphoric acid groups is 1. The quantitative estimate of drug-likeness (QED) is 0.245. The second-order valence-electron chi connectivity index (χ2n) is 2.73. The maximum atomic E-state index is 10.1. The van der Waals surface area contributed by atoms with E-state index in [0.29, 0.717) is 6.42 Å². The predicted molar refractivity (Wildman–Crippen MR) is 68.6 cm³/mol. The average Bonchev–Trinajstić information content (AvgIpc) is 2.00. The summed E-state index contributed by atoms with van der Waals surface area (Å²) in [6.45, 7) is 3.41. The molecule has 0 aliphatic rings. The monoisotopic (exact) mass is 315 g/mol. The summed E-state index contributed by atoms with van der Waals surface area (Å²) in [5.74, 6) is -0.0964. The van der Waals surface area contributed by atoms with Gasteiger partial charge in [0.25, 0.3) is 10.1 Å². The molecule has 0 fully saturated rings. The van der Waals surface area contributed by atoms with Gasteiger partial charge in [0.15, 0.2) is 0 Å². The van der Waals surface area contributed by atoms with Gasteiger partial charge in [-0.3, -0.25) is 4.55 Å². The fourth-order valence-electron chi connectivity index (χ4n) is 0.534. The van der Waals surface area contributed by atoms with Crippen LogP contribution in [0.25, 0.3) is 0 Å². The summed E-state index contributed by atoms with van der Waals surface area (Å²) in [6, 6.07) is 1.75. The maximum absolute atomic E-state index is 10.1. The molecule has 11 heteroatoms. The Morgan fingerprint density at radius 3 is 1.67 bits per heavy atom. The van der Waals surface area contributed by atoms with E-state index >= 15 is 0 Å². The van der Waals surface area contributed by atoms with Crippen LogP contribution in [0.15, 0.2) is 0 Å². The number of nitriles is 1. The molecule has 0 unspecified atom stereocenters. The second-order valence-corrected chi connectivity index (χ2v) is 5.33.